The van der Waals surface area contributed by atoms with Crippen molar-refractivity contribution in [3.05, 3.63) is 71.5 Å². The molecular formula is C16H13F2NO. The van der Waals surface area contributed by atoms with Crippen molar-refractivity contribution in [1.29, 1.82) is 0 Å². The molecule has 0 aliphatic carbocycles. The maximum absolute atomic E-state index is 13.6. The molecule has 3 aromatic rings. The fourth-order valence-corrected chi connectivity index (χ4v) is 2.21. The van der Waals surface area contributed by atoms with Gasteiger partial charge in [0.15, 0.2) is 11.4 Å². The standard InChI is InChI=1S/C16H13F2NO/c17-12-6-4-10(5-7-12)8-14(19)15-9-11-2-1-3-13(18)16(11)20-15/h1-7,9,14H,8,19H2. The Morgan fingerprint density at radius 3 is 2.50 bits per heavy atom. The quantitative estimate of drug-likeness (QED) is 0.784. The van der Waals surface area contributed by atoms with Gasteiger partial charge in [-0.1, -0.05) is 24.3 Å². The van der Waals surface area contributed by atoms with Gasteiger partial charge in [0.1, 0.15) is 11.6 Å². The van der Waals surface area contributed by atoms with Crippen molar-refractivity contribution in [2.24, 2.45) is 5.73 Å². The Bertz CT molecular complexity index is 734. The van der Waals surface area contributed by atoms with Crippen LogP contribution < -0.4 is 5.73 Å². The number of fused-ring (bicyclic) bond motifs is 1. The second-order valence-corrected chi connectivity index (χ2v) is 4.74. The normalized spacial score (nSPS) is 12.8. The van der Waals surface area contributed by atoms with Crippen molar-refractivity contribution in [2.45, 2.75) is 12.5 Å². The van der Waals surface area contributed by atoms with Gasteiger partial charge in [0.2, 0.25) is 0 Å². The Kier molecular flexibility index (Phi) is 3.24. The number of furan rings is 1. The van der Waals surface area contributed by atoms with Crippen LogP contribution in [-0.4, -0.2) is 0 Å². The number of halogens is 2. The summed E-state index contributed by atoms with van der Waals surface area (Å²) >= 11 is 0. The molecule has 0 radical (unpaired) electrons. The van der Waals surface area contributed by atoms with Gasteiger partial charge in [-0.15, -0.1) is 0 Å². The number of rotatable bonds is 3. The maximum Gasteiger partial charge on any atom is 0.169 e. The molecular weight excluding hydrogens is 260 g/mol. The van der Waals surface area contributed by atoms with Crippen molar-refractivity contribution in [3.8, 4) is 0 Å². The van der Waals surface area contributed by atoms with Gasteiger partial charge >= 0.3 is 0 Å². The Hall–Kier alpha value is -2.20. The van der Waals surface area contributed by atoms with E-state index in [0.717, 1.165) is 5.56 Å². The van der Waals surface area contributed by atoms with Crippen LogP contribution in [0.4, 0.5) is 8.78 Å². The smallest absolute Gasteiger partial charge is 0.169 e. The predicted octanol–water partition coefficient (Wildman–Crippen LogP) is 3.95. The summed E-state index contributed by atoms with van der Waals surface area (Å²) in [5, 5.41) is 0.689. The fraction of sp³-hybridized carbons (Fsp3) is 0.125. The summed E-state index contributed by atoms with van der Waals surface area (Å²) in [6.07, 6.45) is 0.502. The van der Waals surface area contributed by atoms with E-state index in [4.69, 9.17) is 10.2 Å². The zero-order valence-corrected chi connectivity index (χ0v) is 10.6. The highest BCUT2D eigenvalue weighted by Crippen LogP contribution is 2.26. The van der Waals surface area contributed by atoms with Crippen molar-refractivity contribution in [3.63, 3.8) is 0 Å². The number of nitrogens with two attached hydrogens (primary N) is 1. The molecule has 1 aromatic heterocycles. The lowest BCUT2D eigenvalue weighted by Gasteiger charge is -2.08. The monoisotopic (exact) mass is 273 g/mol. The molecule has 0 saturated heterocycles. The predicted molar refractivity (Wildman–Crippen MR) is 73.2 cm³/mol. The Labute approximate surface area is 114 Å². The van der Waals surface area contributed by atoms with Gasteiger partial charge in [-0.3, -0.25) is 0 Å². The van der Waals surface area contributed by atoms with E-state index in [9.17, 15) is 8.78 Å². The van der Waals surface area contributed by atoms with Crippen LogP contribution in [-0.2, 0) is 6.42 Å². The molecule has 4 heteroatoms. The second kappa shape index (κ2) is 5.06. The highest BCUT2D eigenvalue weighted by atomic mass is 19.1. The third-order valence-electron chi connectivity index (χ3n) is 3.25. The van der Waals surface area contributed by atoms with Gasteiger partial charge in [0.05, 0.1) is 6.04 Å². The zero-order chi connectivity index (χ0) is 14.1. The first-order valence-corrected chi connectivity index (χ1v) is 6.31. The minimum atomic E-state index is -0.400. The van der Waals surface area contributed by atoms with Gasteiger partial charge < -0.3 is 10.2 Å². The Morgan fingerprint density at radius 1 is 1.05 bits per heavy atom. The fourth-order valence-electron chi connectivity index (χ4n) is 2.21. The van der Waals surface area contributed by atoms with E-state index in [-0.39, 0.29) is 11.4 Å². The minimum absolute atomic E-state index is 0.219. The molecule has 0 aliphatic heterocycles. The Balaban J connectivity index is 1.86. The third kappa shape index (κ3) is 2.42. The van der Waals surface area contributed by atoms with Crippen LogP contribution in [0.25, 0.3) is 11.0 Å². The molecule has 0 saturated carbocycles. The van der Waals surface area contributed by atoms with Gasteiger partial charge in [-0.05, 0) is 36.2 Å². The van der Waals surface area contributed by atoms with Crippen LogP contribution >= 0.6 is 0 Å². The molecule has 0 aliphatic rings. The maximum atomic E-state index is 13.6. The van der Waals surface area contributed by atoms with E-state index in [1.165, 1.54) is 18.2 Å². The summed E-state index contributed by atoms with van der Waals surface area (Å²) in [5.41, 5.74) is 7.19. The van der Waals surface area contributed by atoms with Crippen molar-refractivity contribution in [1.82, 2.24) is 0 Å². The van der Waals surface area contributed by atoms with E-state index >= 15 is 0 Å². The molecule has 0 amide bonds. The molecule has 2 N–H and O–H groups in total. The molecule has 0 bridgehead atoms. The van der Waals surface area contributed by atoms with Crippen molar-refractivity contribution in [2.75, 3.05) is 0 Å². The highest BCUT2D eigenvalue weighted by molar-refractivity contribution is 5.78. The van der Waals surface area contributed by atoms with Gasteiger partial charge in [0, 0.05) is 5.39 Å². The van der Waals surface area contributed by atoms with Gasteiger partial charge in [-0.25, -0.2) is 8.78 Å². The summed E-state index contributed by atoms with van der Waals surface area (Å²) in [4.78, 5) is 0. The number of hydrogen-bond acceptors (Lipinski definition) is 2. The molecule has 2 nitrogen and oxygen atoms in total. The SMILES string of the molecule is NC(Cc1ccc(F)cc1)c1cc2cccc(F)c2o1. The molecule has 3 rings (SSSR count). The number of para-hydroxylation sites is 1. The lowest BCUT2D eigenvalue weighted by atomic mass is 10.0. The Morgan fingerprint density at radius 2 is 1.80 bits per heavy atom. The van der Waals surface area contributed by atoms with E-state index in [2.05, 4.69) is 0 Å². The van der Waals surface area contributed by atoms with Crippen LogP contribution in [0, 0.1) is 11.6 Å². The largest absolute Gasteiger partial charge is 0.456 e. The van der Waals surface area contributed by atoms with E-state index in [1.54, 1.807) is 30.3 Å². The minimum Gasteiger partial charge on any atom is -0.456 e. The molecule has 20 heavy (non-hydrogen) atoms. The average molecular weight is 273 g/mol. The summed E-state index contributed by atoms with van der Waals surface area (Å²) in [5.74, 6) is -0.162. The second-order valence-electron chi connectivity index (χ2n) is 4.74. The molecule has 0 fully saturated rings. The molecule has 0 spiro atoms. The van der Waals surface area contributed by atoms with Crippen molar-refractivity contribution >= 4 is 11.0 Å². The summed E-state index contributed by atoms with van der Waals surface area (Å²) in [6, 6.07) is 12.2. The van der Waals surface area contributed by atoms with Crippen LogP contribution in [0.2, 0.25) is 0 Å². The molecule has 2 aromatic carbocycles. The van der Waals surface area contributed by atoms with Crippen LogP contribution in [0.1, 0.15) is 17.4 Å². The summed E-state index contributed by atoms with van der Waals surface area (Å²) < 4.78 is 31.9. The molecule has 1 unspecified atom stereocenters. The first-order valence-electron chi connectivity index (χ1n) is 6.31. The summed E-state index contributed by atoms with van der Waals surface area (Å²) in [6.45, 7) is 0. The first kappa shape index (κ1) is 12.8. The van der Waals surface area contributed by atoms with Crippen LogP contribution in [0.15, 0.2) is 52.9 Å². The summed E-state index contributed by atoms with van der Waals surface area (Å²) in [7, 11) is 0. The van der Waals surface area contributed by atoms with Gasteiger partial charge in [0.25, 0.3) is 0 Å². The van der Waals surface area contributed by atoms with E-state index < -0.39 is 11.9 Å². The lowest BCUT2D eigenvalue weighted by molar-refractivity contribution is 0.478. The number of benzene rings is 2. The topological polar surface area (TPSA) is 39.2 Å². The third-order valence-corrected chi connectivity index (χ3v) is 3.25. The van der Waals surface area contributed by atoms with E-state index in [1.807, 2.05) is 0 Å². The highest BCUT2D eigenvalue weighted by Gasteiger charge is 2.14. The van der Waals surface area contributed by atoms with Crippen molar-refractivity contribution < 1.29 is 13.2 Å². The zero-order valence-electron chi connectivity index (χ0n) is 10.6. The average Bonchev–Trinajstić information content (AvgIpc) is 2.87. The lowest BCUT2D eigenvalue weighted by Crippen LogP contribution is -2.12. The van der Waals surface area contributed by atoms with Crippen LogP contribution in [0.3, 0.4) is 0 Å². The number of hydrogen-bond donors (Lipinski definition) is 1. The van der Waals surface area contributed by atoms with Gasteiger partial charge in [-0.2, -0.15) is 0 Å². The molecule has 102 valence electrons. The molecule has 1 atom stereocenters. The van der Waals surface area contributed by atoms with Crippen LogP contribution in [0.5, 0.6) is 0 Å². The van der Waals surface area contributed by atoms with E-state index in [0.29, 0.717) is 17.6 Å². The first-order chi connectivity index (χ1) is 9.63. The molecule has 1 heterocycles.